The van der Waals surface area contributed by atoms with Crippen LogP contribution < -0.4 is 14.2 Å². The fourth-order valence-corrected chi connectivity index (χ4v) is 3.43. The minimum absolute atomic E-state index is 0.0692. The number of piperidine rings is 1. The fraction of sp³-hybridized carbons (Fsp3) is 0.450. The Morgan fingerprint density at radius 2 is 1.93 bits per heavy atom. The summed E-state index contributed by atoms with van der Waals surface area (Å²) in [6.07, 6.45) is 0.634. The number of para-hydroxylation sites is 2. The highest BCUT2D eigenvalue weighted by Crippen LogP contribution is 2.34. The van der Waals surface area contributed by atoms with Crippen molar-refractivity contribution < 1.29 is 19.0 Å². The van der Waals surface area contributed by atoms with Crippen molar-refractivity contribution in [3.8, 4) is 17.4 Å². The molecule has 0 radical (unpaired) electrons. The molecule has 0 bridgehead atoms. The first-order valence-corrected chi connectivity index (χ1v) is 9.28. The molecule has 1 fully saturated rings. The number of benzene rings is 1. The van der Waals surface area contributed by atoms with Gasteiger partial charge in [0.15, 0.2) is 11.5 Å². The van der Waals surface area contributed by atoms with E-state index >= 15 is 0 Å². The molecule has 1 aromatic carbocycles. The Kier molecular flexibility index (Phi) is 4.83. The lowest BCUT2D eigenvalue weighted by molar-refractivity contribution is -0.147. The molecule has 3 unspecified atom stereocenters. The van der Waals surface area contributed by atoms with Crippen LogP contribution in [0.25, 0.3) is 0 Å². The highest BCUT2D eigenvalue weighted by atomic mass is 16.6. The van der Waals surface area contributed by atoms with E-state index in [9.17, 15) is 4.79 Å². The van der Waals surface area contributed by atoms with Crippen molar-refractivity contribution in [2.75, 3.05) is 13.1 Å². The van der Waals surface area contributed by atoms with E-state index < -0.39 is 6.10 Å². The van der Waals surface area contributed by atoms with Crippen LogP contribution in [0.4, 0.5) is 0 Å². The predicted octanol–water partition coefficient (Wildman–Crippen LogP) is 2.38. The van der Waals surface area contributed by atoms with Gasteiger partial charge in [0, 0.05) is 12.6 Å². The van der Waals surface area contributed by atoms with Crippen molar-refractivity contribution in [2.24, 2.45) is 0 Å². The summed E-state index contributed by atoms with van der Waals surface area (Å²) in [5.41, 5.74) is 0.839. The van der Waals surface area contributed by atoms with E-state index in [1.165, 1.54) is 0 Å². The summed E-state index contributed by atoms with van der Waals surface area (Å²) in [5, 5.41) is 8.06. The van der Waals surface area contributed by atoms with Crippen LogP contribution in [0.1, 0.15) is 25.5 Å². The minimum atomic E-state index is -0.655. The van der Waals surface area contributed by atoms with Crippen LogP contribution in [0.3, 0.4) is 0 Å². The maximum Gasteiger partial charge on any atom is 0.267 e. The third-order valence-electron chi connectivity index (χ3n) is 4.84. The maximum absolute atomic E-state index is 13.1. The predicted molar refractivity (Wildman–Crippen MR) is 97.9 cm³/mol. The third-order valence-corrected chi connectivity index (χ3v) is 4.84. The fourth-order valence-electron chi connectivity index (χ4n) is 3.43. The van der Waals surface area contributed by atoms with Gasteiger partial charge in [0.05, 0.1) is 12.2 Å². The molecule has 0 saturated carbocycles. The van der Waals surface area contributed by atoms with Crippen LogP contribution in [0.5, 0.6) is 17.4 Å². The van der Waals surface area contributed by atoms with E-state index in [-0.39, 0.29) is 18.1 Å². The summed E-state index contributed by atoms with van der Waals surface area (Å²) in [7, 11) is 0. The van der Waals surface area contributed by atoms with Gasteiger partial charge in [-0.05, 0) is 44.9 Å². The number of carbonyl (C=O) groups is 1. The second-order valence-corrected chi connectivity index (χ2v) is 6.99. The van der Waals surface area contributed by atoms with Crippen molar-refractivity contribution in [1.82, 2.24) is 15.1 Å². The molecular formula is C20H23N3O4. The maximum atomic E-state index is 13.1. The molecule has 7 nitrogen and oxygen atoms in total. The number of fused-ring (bicyclic) bond motifs is 1. The molecule has 4 rings (SSSR count). The topological polar surface area (TPSA) is 73.8 Å². The van der Waals surface area contributed by atoms with Crippen molar-refractivity contribution in [1.29, 1.82) is 0 Å². The molecule has 1 saturated heterocycles. The van der Waals surface area contributed by atoms with Crippen LogP contribution in [0.15, 0.2) is 36.4 Å². The van der Waals surface area contributed by atoms with E-state index in [1.807, 2.05) is 44.2 Å². The summed E-state index contributed by atoms with van der Waals surface area (Å²) >= 11 is 0. The second-order valence-electron chi connectivity index (χ2n) is 6.99. The van der Waals surface area contributed by atoms with Gasteiger partial charge in [-0.15, -0.1) is 5.10 Å². The quantitative estimate of drug-likeness (QED) is 0.827. The van der Waals surface area contributed by atoms with Crippen molar-refractivity contribution >= 4 is 5.91 Å². The number of aryl methyl sites for hydroxylation is 1. The number of ether oxygens (including phenoxy) is 3. The highest BCUT2D eigenvalue weighted by molar-refractivity contribution is 5.82. The highest BCUT2D eigenvalue weighted by Gasteiger charge is 2.38. The molecule has 2 aliphatic heterocycles. The first-order chi connectivity index (χ1) is 13.1. The van der Waals surface area contributed by atoms with Gasteiger partial charge in [-0.25, -0.2) is 0 Å². The Morgan fingerprint density at radius 1 is 1.15 bits per heavy atom. The molecule has 3 atom stereocenters. The Morgan fingerprint density at radius 3 is 2.67 bits per heavy atom. The van der Waals surface area contributed by atoms with Crippen LogP contribution in [0.2, 0.25) is 0 Å². The summed E-state index contributed by atoms with van der Waals surface area (Å²) in [6, 6.07) is 11.1. The SMILES string of the molecule is Cc1ccc(OC2CCCN(C(=O)C3Oc4ccccc4OC3C)C2)nn1. The molecular weight excluding hydrogens is 346 g/mol. The van der Waals surface area contributed by atoms with E-state index in [0.717, 1.165) is 18.5 Å². The van der Waals surface area contributed by atoms with Crippen LogP contribution in [-0.2, 0) is 4.79 Å². The van der Waals surface area contributed by atoms with Gasteiger partial charge < -0.3 is 19.1 Å². The zero-order chi connectivity index (χ0) is 18.8. The molecule has 3 heterocycles. The van der Waals surface area contributed by atoms with Gasteiger partial charge in [-0.2, -0.15) is 5.10 Å². The Hall–Kier alpha value is -2.83. The van der Waals surface area contributed by atoms with Gasteiger partial charge in [-0.1, -0.05) is 12.1 Å². The molecule has 0 aliphatic carbocycles. The summed E-state index contributed by atoms with van der Waals surface area (Å²) in [5.74, 6) is 1.69. The van der Waals surface area contributed by atoms with Gasteiger partial charge >= 0.3 is 0 Å². The first-order valence-electron chi connectivity index (χ1n) is 9.28. The lowest BCUT2D eigenvalue weighted by atomic mass is 10.1. The molecule has 1 amide bonds. The minimum Gasteiger partial charge on any atom is -0.482 e. The molecule has 142 valence electrons. The number of carbonyl (C=O) groups excluding carboxylic acids is 1. The monoisotopic (exact) mass is 369 g/mol. The van der Waals surface area contributed by atoms with E-state index in [4.69, 9.17) is 14.2 Å². The van der Waals surface area contributed by atoms with Gasteiger partial charge in [-0.3, -0.25) is 4.79 Å². The summed E-state index contributed by atoms with van der Waals surface area (Å²) in [4.78, 5) is 14.9. The van der Waals surface area contributed by atoms with E-state index in [2.05, 4.69) is 10.2 Å². The summed E-state index contributed by atoms with van der Waals surface area (Å²) < 4.78 is 17.7. The van der Waals surface area contributed by atoms with E-state index in [1.54, 1.807) is 11.0 Å². The largest absolute Gasteiger partial charge is 0.482 e. The zero-order valence-corrected chi connectivity index (χ0v) is 15.5. The van der Waals surface area contributed by atoms with Crippen LogP contribution in [-0.4, -0.2) is 52.4 Å². The average molecular weight is 369 g/mol. The number of rotatable bonds is 3. The van der Waals surface area contributed by atoms with Crippen LogP contribution >= 0.6 is 0 Å². The van der Waals surface area contributed by atoms with Gasteiger partial charge in [0.25, 0.3) is 5.91 Å². The molecule has 7 heteroatoms. The number of likely N-dealkylation sites (tertiary alicyclic amines) is 1. The number of amides is 1. The van der Waals surface area contributed by atoms with Crippen molar-refractivity contribution in [3.63, 3.8) is 0 Å². The zero-order valence-electron chi connectivity index (χ0n) is 15.5. The number of nitrogens with zero attached hydrogens (tertiary/aromatic N) is 3. The van der Waals surface area contributed by atoms with Gasteiger partial charge in [0.1, 0.15) is 12.2 Å². The Bertz CT molecular complexity index is 811. The molecule has 0 spiro atoms. The van der Waals surface area contributed by atoms with Gasteiger partial charge in [0.2, 0.25) is 12.0 Å². The number of aromatic nitrogens is 2. The second kappa shape index (κ2) is 7.42. The Balaban J connectivity index is 1.42. The first kappa shape index (κ1) is 17.6. The molecule has 1 aromatic heterocycles. The lowest BCUT2D eigenvalue weighted by Gasteiger charge is -2.37. The van der Waals surface area contributed by atoms with Crippen LogP contribution in [0, 0.1) is 6.92 Å². The average Bonchev–Trinajstić information content (AvgIpc) is 2.69. The standard InChI is InChI=1S/C20H23N3O4/c1-13-9-10-18(22-21-13)26-15-6-5-11-23(12-15)20(24)19-14(2)25-16-7-3-4-8-17(16)27-19/h3-4,7-10,14-15,19H,5-6,11-12H2,1-2H3. The number of hydrogen-bond acceptors (Lipinski definition) is 6. The molecule has 0 N–H and O–H groups in total. The normalized spacial score (nSPS) is 24.4. The molecule has 27 heavy (non-hydrogen) atoms. The molecule has 2 aliphatic rings. The van der Waals surface area contributed by atoms with Crippen molar-refractivity contribution in [2.45, 2.75) is 45.0 Å². The lowest BCUT2D eigenvalue weighted by Crippen LogP contribution is -2.54. The summed E-state index contributed by atoms with van der Waals surface area (Å²) in [6.45, 7) is 4.93. The van der Waals surface area contributed by atoms with E-state index in [0.29, 0.717) is 30.5 Å². The third kappa shape index (κ3) is 3.82. The van der Waals surface area contributed by atoms with Crippen molar-refractivity contribution in [3.05, 3.63) is 42.1 Å². The molecule has 2 aromatic rings. The number of hydrogen-bond donors (Lipinski definition) is 0. The Labute approximate surface area is 158 Å². The smallest absolute Gasteiger partial charge is 0.267 e.